The van der Waals surface area contributed by atoms with Crippen molar-refractivity contribution >= 4 is 45.0 Å². The number of fused-ring (bicyclic) bond motifs is 1. The lowest BCUT2D eigenvalue weighted by atomic mass is 10.1. The predicted molar refractivity (Wildman–Crippen MR) is 159 cm³/mol. The van der Waals surface area contributed by atoms with Crippen molar-refractivity contribution in [1.82, 2.24) is 14.0 Å². The maximum absolute atomic E-state index is 14.8. The minimum atomic E-state index is -3.16. The van der Waals surface area contributed by atoms with Crippen LogP contribution < -0.4 is 20.5 Å². The summed E-state index contributed by atoms with van der Waals surface area (Å²) >= 11 is 9.50. The fourth-order valence-corrected chi connectivity index (χ4v) is 5.35. The topological polar surface area (TPSA) is 94.8 Å². The Bertz CT molecular complexity index is 1820. The van der Waals surface area contributed by atoms with Crippen LogP contribution in [0.3, 0.4) is 0 Å². The van der Waals surface area contributed by atoms with E-state index >= 15 is 0 Å². The van der Waals surface area contributed by atoms with E-state index in [0.717, 1.165) is 25.0 Å². The van der Waals surface area contributed by atoms with Crippen molar-refractivity contribution < 1.29 is 32.2 Å². The van der Waals surface area contributed by atoms with Crippen LogP contribution in [0.2, 0.25) is 5.02 Å². The van der Waals surface area contributed by atoms with Crippen molar-refractivity contribution in [3.8, 4) is 17.2 Å². The Morgan fingerprint density at radius 2 is 1.73 bits per heavy atom. The molecule has 0 atom stereocenters. The number of imidazole rings is 1. The van der Waals surface area contributed by atoms with Gasteiger partial charge in [0.1, 0.15) is 23.0 Å². The summed E-state index contributed by atoms with van der Waals surface area (Å²) in [6.07, 6.45) is 2.08. The molecule has 0 spiro atoms. The van der Waals surface area contributed by atoms with Crippen molar-refractivity contribution in [2.45, 2.75) is 38.6 Å². The number of amides is 2. The molecule has 2 aliphatic rings. The molecule has 1 aliphatic carbocycles. The van der Waals surface area contributed by atoms with Crippen LogP contribution in [0.5, 0.6) is 11.5 Å². The van der Waals surface area contributed by atoms with E-state index in [1.807, 2.05) is 0 Å². The first-order chi connectivity index (χ1) is 21.1. The van der Waals surface area contributed by atoms with Crippen LogP contribution >= 0.6 is 27.5 Å². The fourth-order valence-electron chi connectivity index (χ4n) is 4.92. The van der Waals surface area contributed by atoms with Crippen LogP contribution in [0.25, 0.3) is 5.69 Å². The first kappa shape index (κ1) is 29.8. The third-order valence-corrected chi connectivity index (χ3v) is 8.42. The van der Waals surface area contributed by atoms with Gasteiger partial charge in [-0.2, -0.15) is 8.78 Å². The van der Waals surface area contributed by atoms with Crippen molar-refractivity contribution in [2.75, 3.05) is 11.9 Å². The summed E-state index contributed by atoms with van der Waals surface area (Å²) in [6.45, 7) is -2.99. The summed E-state index contributed by atoms with van der Waals surface area (Å²) in [5.74, 6) is -2.05. The Morgan fingerprint density at radius 1 is 1.00 bits per heavy atom. The summed E-state index contributed by atoms with van der Waals surface area (Å²) in [5.41, 5.74) is -0.0723. The van der Waals surface area contributed by atoms with Crippen LogP contribution in [0, 0.1) is 5.82 Å². The van der Waals surface area contributed by atoms with Gasteiger partial charge < -0.3 is 19.7 Å². The molecule has 4 aromatic rings. The molecule has 1 aromatic heterocycles. The van der Waals surface area contributed by atoms with Gasteiger partial charge in [-0.25, -0.2) is 9.18 Å². The minimum Gasteiger partial charge on any atom is -0.490 e. The fraction of sp³-hybridized carbons (Fsp3) is 0.233. The van der Waals surface area contributed by atoms with Crippen LogP contribution in [0.4, 0.5) is 18.9 Å². The molecule has 0 unspecified atom stereocenters. The van der Waals surface area contributed by atoms with Crippen molar-refractivity contribution in [2.24, 2.45) is 0 Å². The Kier molecular flexibility index (Phi) is 8.16. The summed E-state index contributed by atoms with van der Waals surface area (Å²) in [4.78, 5) is 42.4. The number of hydrogen-bond acceptors (Lipinski definition) is 5. The van der Waals surface area contributed by atoms with Gasteiger partial charge in [-0.05, 0) is 83.4 Å². The largest absolute Gasteiger partial charge is 0.490 e. The first-order valence-corrected chi connectivity index (χ1v) is 14.7. The highest BCUT2D eigenvalue weighted by molar-refractivity contribution is 9.10. The number of alkyl halides is 2. The normalized spacial score (nSPS) is 14.4. The molecule has 14 heteroatoms. The van der Waals surface area contributed by atoms with Gasteiger partial charge >= 0.3 is 12.3 Å². The molecule has 0 radical (unpaired) electrons. The molecule has 44 heavy (non-hydrogen) atoms. The third-order valence-electron chi connectivity index (χ3n) is 7.18. The van der Waals surface area contributed by atoms with E-state index in [4.69, 9.17) is 16.3 Å². The second-order valence-corrected chi connectivity index (χ2v) is 11.5. The molecule has 3 aromatic carbocycles. The summed E-state index contributed by atoms with van der Waals surface area (Å²) in [6, 6.07) is 14.3. The van der Waals surface area contributed by atoms with Crippen molar-refractivity contribution in [1.29, 1.82) is 0 Å². The van der Waals surface area contributed by atoms with E-state index in [9.17, 15) is 27.6 Å². The van der Waals surface area contributed by atoms with Crippen molar-refractivity contribution in [3.05, 3.63) is 103 Å². The molecule has 0 bridgehead atoms. The second-order valence-electron chi connectivity index (χ2n) is 10.2. The molecular weight excluding hydrogens is 669 g/mol. The summed E-state index contributed by atoms with van der Waals surface area (Å²) in [7, 11) is 0. The molecule has 1 fully saturated rings. The first-order valence-electron chi connectivity index (χ1n) is 13.5. The predicted octanol–water partition coefficient (Wildman–Crippen LogP) is 6.24. The maximum Gasteiger partial charge on any atom is 0.387 e. The van der Waals surface area contributed by atoms with E-state index in [1.54, 1.807) is 36.4 Å². The summed E-state index contributed by atoms with van der Waals surface area (Å²) < 4.78 is 53.2. The highest BCUT2D eigenvalue weighted by atomic mass is 79.9. The van der Waals surface area contributed by atoms with E-state index in [0.29, 0.717) is 32.6 Å². The molecule has 2 amide bonds. The number of nitrogens with one attached hydrogen (secondary N) is 1. The molecule has 2 heterocycles. The highest BCUT2D eigenvalue weighted by Crippen LogP contribution is 2.30. The average Bonchev–Trinajstić information content (AvgIpc) is 3.76. The van der Waals surface area contributed by atoms with Gasteiger partial charge in [0.2, 0.25) is 0 Å². The molecule has 1 saturated carbocycles. The SMILES string of the molecule is O=C(Nc1ccc(OC(F)F)cc1F)c1c2n(c(=O)n1-c1ccc(OC3CC3)cc1)CCN(C(=O)c1ccc(Br)c(Cl)c1)C2. The van der Waals surface area contributed by atoms with Gasteiger partial charge in [0.25, 0.3) is 11.8 Å². The number of carbonyl (C=O) groups excluding carboxylic acids is 2. The zero-order chi connectivity index (χ0) is 31.1. The number of nitrogens with zero attached hydrogens (tertiary/aromatic N) is 3. The van der Waals surface area contributed by atoms with Gasteiger partial charge in [-0.15, -0.1) is 0 Å². The van der Waals surface area contributed by atoms with Crippen LogP contribution in [0.1, 0.15) is 39.4 Å². The quantitative estimate of drug-likeness (QED) is 0.236. The molecule has 228 valence electrons. The number of anilines is 1. The van der Waals surface area contributed by atoms with Gasteiger partial charge in [0.15, 0.2) is 0 Å². The monoisotopic (exact) mass is 690 g/mol. The second kappa shape index (κ2) is 12.0. The molecule has 1 aliphatic heterocycles. The Balaban J connectivity index is 1.38. The van der Waals surface area contributed by atoms with E-state index in [-0.39, 0.29) is 48.7 Å². The lowest BCUT2D eigenvalue weighted by Crippen LogP contribution is -2.41. The Morgan fingerprint density at radius 3 is 2.39 bits per heavy atom. The number of ether oxygens (including phenoxy) is 2. The van der Waals surface area contributed by atoms with E-state index in [1.165, 1.54) is 20.1 Å². The lowest BCUT2D eigenvalue weighted by Gasteiger charge is -2.28. The zero-order valence-corrected chi connectivity index (χ0v) is 25.1. The number of hydrogen-bond donors (Lipinski definition) is 1. The Labute approximate surface area is 261 Å². The smallest absolute Gasteiger partial charge is 0.387 e. The lowest BCUT2D eigenvalue weighted by molar-refractivity contribution is -0.0499. The van der Waals surface area contributed by atoms with Gasteiger partial charge in [-0.3, -0.25) is 18.7 Å². The van der Waals surface area contributed by atoms with Crippen LogP contribution in [-0.4, -0.2) is 45.1 Å². The van der Waals surface area contributed by atoms with Gasteiger partial charge in [0, 0.05) is 29.2 Å². The van der Waals surface area contributed by atoms with Crippen LogP contribution in [0.15, 0.2) is 69.9 Å². The third kappa shape index (κ3) is 6.06. The molecular formula is C30H23BrClF3N4O5. The number of rotatable bonds is 8. The standard InChI is InChI=1S/C30H23BrClF3N4O5/c31-21-9-1-16(13-22(21)32)28(41)37-11-12-38-25(15-37)26(27(40)36-24-10-8-20(14-23(24)33)44-29(34)35)39(30(38)42)17-2-4-18(5-3-17)43-19-6-7-19/h1-5,8-10,13-14,19,29H,6-7,11-12,15H2,(H,36,40). The van der Waals surface area contributed by atoms with E-state index < -0.39 is 29.8 Å². The minimum absolute atomic E-state index is 0.0916. The van der Waals surface area contributed by atoms with Crippen molar-refractivity contribution in [3.63, 3.8) is 0 Å². The molecule has 6 rings (SSSR count). The molecule has 0 saturated heterocycles. The molecule has 9 nitrogen and oxygen atoms in total. The number of benzene rings is 3. The number of aromatic nitrogens is 2. The average molecular weight is 692 g/mol. The Hall–Kier alpha value is -4.23. The van der Waals surface area contributed by atoms with E-state index in [2.05, 4.69) is 26.0 Å². The van der Waals surface area contributed by atoms with Gasteiger partial charge in [0.05, 0.1) is 34.7 Å². The highest BCUT2D eigenvalue weighted by Gasteiger charge is 2.33. The number of halogens is 5. The maximum atomic E-state index is 14.8. The van der Waals surface area contributed by atoms with Crippen LogP contribution in [-0.2, 0) is 13.1 Å². The van der Waals surface area contributed by atoms with Gasteiger partial charge in [-0.1, -0.05) is 11.6 Å². The number of carbonyl (C=O) groups is 2. The zero-order valence-electron chi connectivity index (χ0n) is 22.7. The molecule has 1 N–H and O–H groups in total. The summed E-state index contributed by atoms with van der Waals surface area (Å²) in [5, 5.41) is 2.78.